The number of benzene rings is 1. The third kappa shape index (κ3) is 3.30. The number of hydrogen-bond acceptors (Lipinski definition) is 2. The van der Waals surface area contributed by atoms with Crippen molar-refractivity contribution in [2.45, 2.75) is 19.3 Å². The van der Waals surface area contributed by atoms with Gasteiger partial charge in [0.25, 0.3) is 0 Å². The number of carbonyl (C=O) groups is 2. The Morgan fingerprint density at radius 2 is 1.89 bits per heavy atom. The molecule has 0 radical (unpaired) electrons. The van der Waals surface area contributed by atoms with Crippen LogP contribution in [0.4, 0.5) is 4.39 Å². The average molecular weight is 264 g/mol. The Labute approximate surface area is 111 Å². The zero-order valence-electron chi connectivity index (χ0n) is 10.6. The summed E-state index contributed by atoms with van der Waals surface area (Å²) in [5.41, 5.74) is 5.65. The number of hydrogen-bond donors (Lipinski definition) is 1. The molecule has 2 rings (SSSR count). The van der Waals surface area contributed by atoms with Gasteiger partial charge in [0.05, 0.1) is 6.42 Å². The monoisotopic (exact) mass is 264 g/mol. The average Bonchev–Trinajstić information content (AvgIpc) is 2.41. The third-order valence-corrected chi connectivity index (χ3v) is 3.55. The molecule has 1 heterocycles. The third-order valence-electron chi connectivity index (χ3n) is 3.55. The molecular weight excluding hydrogens is 247 g/mol. The zero-order chi connectivity index (χ0) is 13.8. The van der Waals surface area contributed by atoms with Crippen molar-refractivity contribution < 1.29 is 14.0 Å². The van der Waals surface area contributed by atoms with E-state index in [9.17, 15) is 14.0 Å². The van der Waals surface area contributed by atoms with Crippen LogP contribution < -0.4 is 5.73 Å². The predicted octanol–water partition coefficient (Wildman–Crippen LogP) is 1.09. The summed E-state index contributed by atoms with van der Waals surface area (Å²) in [7, 11) is 0. The Kier molecular flexibility index (Phi) is 4.14. The maximum Gasteiger partial charge on any atom is 0.227 e. The highest BCUT2D eigenvalue weighted by atomic mass is 19.1. The van der Waals surface area contributed by atoms with Crippen LogP contribution in [-0.2, 0) is 16.0 Å². The second kappa shape index (κ2) is 5.82. The van der Waals surface area contributed by atoms with E-state index in [0.717, 1.165) is 0 Å². The van der Waals surface area contributed by atoms with Crippen LogP contribution in [0.1, 0.15) is 18.4 Å². The van der Waals surface area contributed by atoms with Crippen molar-refractivity contribution in [3.8, 4) is 0 Å². The van der Waals surface area contributed by atoms with Crippen LogP contribution >= 0.6 is 0 Å². The van der Waals surface area contributed by atoms with E-state index >= 15 is 0 Å². The van der Waals surface area contributed by atoms with Gasteiger partial charge >= 0.3 is 0 Å². The summed E-state index contributed by atoms with van der Waals surface area (Å²) in [6.45, 7) is 1.03. The quantitative estimate of drug-likeness (QED) is 0.888. The Balaban J connectivity index is 1.92. The van der Waals surface area contributed by atoms with Gasteiger partial charge in [-0.2, -0.15) is 0 Å². The van der Waals surface area contributed by atoms with Crippen LogP contribution in [0.2, 0.25) is 0 Å². The van der Waals surface area contributed by atoms with Crippen LogP contribution in [0.5, 0.6) is 0 Å². The Hall–Kier alpha value is -1.91. The molecule has 102 valence electrons. The highest BCUT2D eigenvalue weighted by Gasteiger charge is 2.26. The van der Waals surface area contributed by atoms with Crippen LogP contribution in [0, 0.1) is 11.7 Å². The number of primary amides is 1. The number of amides is 2. The fourth-order valence-corrected chi connectivity index (χ4v) is 2.33. The molecule has 19 heavy (non-hydrogen) atoms. The molecule has 1 fully saturated rings. The predicted molar refractivity (Wildman–Crippen MR) is 68.6 cm³/mol. The molecule has 4 nitrogen and oxygen atoms in total. The SMILES string of the molecule is NC(=O)C1CCN(C(=O)Cc2ccccc2F)CC1. The summed E-state index contributed by atoms with van der Waals surface area (Å²) in [4.78, 5) is 24.7. The smallest absolute Gasteiger partial charge is 0.227 e. The molecule has 0 atom stereocenters. The van der Waals surface area contributed by atoms with Crippen LogP contribution in [-0.4, -0.2) is 29.8 Å². The second-order valence-corrected chi connectivity index (χ2v) is 4.83. The van der Waals surface area contributed by atoms with Gasteiger partial charge in [0.1, 0.15) is 5.82 Å². The van der Waals surface area contributed by atoms with E-state index < -0.39 is 0 Å². The first kappa shape index (κ1) is 13.5. The highest BCUT2D eigenvalue weighted by Crippen LogP contribution is 2.18. The Morgan fingerprint density at radius 3 is 2.47 bits per heavy atom. The summed E-state index contributed by atoms with van der Waals surface area (Å²) in [6, 6.07) is 6.28. The highest BCUT2D eigenvalue weighted by molar-refractivity contribution is 5.80. The summed E-state index contributed by atoms with van der Waals surface area (Å²) < 4.78 is 13.5. The molecule has 0 bridgehead atoms. The van der Waals surface area contributed by atoms with Crippen LogP contribution in [0.3, 0.4) is 0 Å². The number of piperidine rings is 1. The van der Waals surface area contributed by atoms with Crippen LogP contribution in [0.15, 0.2) is 24.3 Å². The van der Waals surface area contributed by atoms with Gasteiger partial charge in [0.15, 0.2) is 0 Å². The van der Waals surface area contributed by atoms with Crippen molar-refractivity contribution in [1.82, 2.24) is 4.90 Å². The van der Waals surface area contributed by atoms with E-state index in [1.54, 1.807) is 23.1 Å². The van der Waals surface area contributed by atoms with E-state index in [0.29, 0.717) is 31.5 Å². The van der Waals surface area contributed by atoms with Gasteiger partial charge in [-0.15, -0.1) is 0 Å². The lowest BCUT2D eigenvalue weighted by molar-refractivity contribution is -0.134. The molecule has 2 N–H and O–H groups in total. The Bertz CT molecular complexity index is 482. The number of rotatable bonds is 3. The van der Waals surface area contributed by atoms with Crippen molar-refractivity contribution in [1.29, 1.82) is 0 Å². The molecule has 1 saturated heterocycles. The zero-order valence-corrected chi connectivity index (χ0v) is 10.6. The van der Waals surface area contributed by atoms with Gasteiger partial charge in [-0.1, -0.05) is 18.2 Å². The van der Waals surface area contributed by atoms with Gasteiger partial charge in [0, 0.05) is 19.0 Å². The molecule has 5 heteroatoms. The number of carbonyl (C=O) groups excluding carboxylic acids is 2. The van der Waals surface area contributed by atoms with Crippen molar-refractivity contribution >= 4 is 11.8 Å². The molecule has 0 unspecified atom stereocenters. The first-order valence-electron chi connectivity index (χ1n) is 6.38. The van der Waals surface area contributed by atoms with Gasteiger partial charge in [-0.3, -0.25) is 9.59 Å². The molecule has 0 spiro atoms. The maximum atomic E-state index is 13.5. The van der Waals surface area contributed by atoms with Gasteiger partial charge in [0.2, 0.25) is 11.8 Å². The van der Waals surface area contributed by atoms with Crippen LogP contribution in [0.25, 0.3) is 0 Å². The van der Waals surface area contributed by atoms with Crippen molar-refractivity contribution in [2.24, 2.45) is 11.7 Å². The molecule has 0 aromatic heterocycles. The summed E-state index contributed by atoms with van der Waals surface area (Å²) in [6.07, 6.45) is 1.25. The molecule has 1 aromatic carbocycles. The van der Waals surface area contributed by atoms with Crippen molar-refractivity contribution in [3.05, 3.63) is 35.6 Å². The molecular formula is C14H17FN2O2. The summed E-state index contributed by atoms with van der Waals surface area (Å²) in [5, 5.41) is 0. The first-order chi connectivity index (χ1) is 9.08. The van der Waals surface area contributed by atoms with Gasteiger partial charge in [-0.05, 0) is 24.5 Å². The number of halogens is 1. The largest absolute Gasteiger partial charge is 0.369 e. The molecule has 1 aromatic rings. The van der Waals surface area contributed by atoms with E-state index in [1.165, 1.54) is 6.07 Å². The molecule has 0 saturated carbocycles. The second-order valence-electron chi connectivity index (χ2n) is 4.83. The van der Waals surface area contributed by atoms with Gasteiger partial charge < -0.3 is 10.6 Å². The molecule has 1 aliphatic rings. The number of likely N-dealkylation sites (tertiary alicyclic amines) is 1. The lowest BCUT2D eigenvalue weighted by atomic mass is 9.96. The maximum absolute atomic E-state index is 13.5. The lowest BCUT2D eigenvalue weighted by Gasteiger charge is -2.30. The summed E-state index contributed by atoms with van der Waals surface area (Å²) >= 11 is 0. The fourth-order valence-electron chi connectivity index (χ4n) is 2.33. The summed E-state index contributed by atoms with van der Waals surface area (Å²) in [5.74, 6) is -0.908. The van der Waals surface area contributed by atoms with E-state index in [-0.39, 0.29) is 30.0 Å². The van der Waals surface area contributed by atoms with Crippen molar-refractivity contribution in [2.75, 3.05) is 13.1 Å². The first-order valence-corrected chi connectivity index (χ1v) is 6.38. The Morgan fingerprint density at radius 1 is 1.26 bits per heavy atom. The van der Waals surface area contributed by atoms with E-state index in [1.807, 2.05) is 0 Å². The minimum atomic E-state index is -0.358. The van der Waals surface area contributed by atoms with E-state index in [2.05, 4.69) is 0 Å². The number of nitrogens with two attached hydrogens (primary N) is 1. The lowest BCUT2D eigenvalue weighted by Crippen LogP contribution is -2.42. The van der Waals surface area contributed by atoms with Crippen molar-refractivity contribution in [3.63, 3.8) is 0 Å². The van der Waals surface area contributed by atoms with Gasteiger partial charge in [-0.25, -0.2) is 4.39 Å². The number of nitrogens with zero attached hydrogens (tertiary/aromatic N) is 1. The fraction of sp³-hybridized carbons (Fsp3) is 0.429. The molecule has 1 aliphatic heterocycles. The minimum Gasteiger partial charge on any atom is -0.369 e. The topological polar surface area (TPSA) is 63.4 Å². The normalized spacial score (nSPS) is 16.4. The molecule has 2 amide bonds. The van der Waals surface area contributed by atoms with E-state index in [4.69, 9.17) is 5.73 Å². The molecule has 0 aliphatic carbocycles. The standard InChI is InChI=1S/C14H17FN2O2/c15-12-4-2-1-3-11(12)9-13(18)17-7-5-10(6-8-17)14(16)19/h1-4,10H,5-9H2,(H2,16,19). The minimum absolute atomic E-state index is 0.0634.